The van der Waals surface area contributed by atoms with Crippen molar-refractivity contribution in [2.75, 3.05) is 0 Å². The Bertz CT molecular complexity index is 364. The third kappa shape index (κ3) is 3.05. The Morgan fingerprint density at radius 2 is 2.13 bits per heavy atom. The lowest BCUT2D eigenvalue weighted by atomic mass is 9.97. The Kier molecular flexibility index (Phi) is 4.29. The molecule has 0 saturated heterocycles. The molecule has 0 amide bonds. The highest BCUT2D eigenvalue weighted by Crippen LogP contribution is 2.15. The number of carbonyl (C=O) groups excluding carboxylic acids is 1. The average molecular weight is 202 g/mol. The van der Waals surface area contributed by atoms with E-state index in [9.17, 15) is 4.79 Å². The lowest BCUT2D eigenvalue weighted by Crippen LogP contribution is -2.02. The van der Waals surface area contributed by atoms with E-state index in [4.69, 9.17) is 0 Å². The van der Waals surface area contributed by atoms with Gasteiger partial charge in [0.25, 0.3) is 0 Å². The highest BCUT2D eigenvalue weighted by Gasteiger charge is 2.08. The van der Waals surface area contributed by atoms with E-state index < -0.39 is 0 Å². The maximum Gasteiger partial charge on any atom is 0.163 e. The Balaban J connectivity index is 2.73. The van der Waals surface area contributed by atoms with Gasteiger partial charge in [-0.25, -0.2) is 0 Å². The number of hydrogen-bond acceptors (Lipinski definition) is 1. The lowest BCUT2D eigenvalue weighted by Gasteiger charge is -2.06. The average Bonchev–Trinajstić information content (AvgIpc) is 2.22. The lowest BCUT2D eigenvalue weighted by molar-refractivity contribution is 0.0980. The topological polar surface area (TPSA) is 17.1 Å². The fourth-order valence-corrected chi connectivity index (χ4v) is 1.59. The molecule has 1 rings (SSSR count). The predicted octanol–water partition coefficient (Wildman–Crippen LogP) is 3.84. The smallest absolute Gasteiger partial charge is 0.163 e. The third-order valence-corrected chi connectivity index (χ3v) is 2.72. The molecule has 0 saturated carbocycles. The second-order valence-corrected chi connectivity index (χ2v) is 3.85. The number of Topliss-reactive ketones (excluding diaryl/α,β-unsaturated/α-hetero) is 1. The number of rotatable bonds is 5. The highest BCUT2D eigenvalue weighted by atomic mass is 16.1. The van der Waals surface area contributed by atoms with Crippen molar-refractivity contribution in [3.8, 4) is 0 Å². The van der Waals surface area contributed by atoms with Gasteiger partial charge in [-0.1, -0.05) is 24.3 Å². The van der Waals surface area contributed by atoms with Crippen LogP contribution in [-0.4, -0.2) is 5.78 Å². The second-order valence-electron chi connectivity index (χ2n) is 3.85. The van der Waals surface area contributed by atoms with Crippen LogP contribution >= 0.6 is 0 Å². The van der Waals surface area contributed by atoms with Crippen LogP contribution in [0.3, 0.4) is 0 Å². The molecule has 0 aliphatic heterocycles. The standard InChI is InChI=1S/C14H18O/c1-4-5-6-10-14(15)13-9-7-8-11(2)12(13)3/h4,7-9H,1,5-6,10H2,2-3H3. The first-order valence-electron chi connectivity index (χ1n) is 5.37. The van der Waals surface area contributed by atoms with Gasteiger partial charge < -0.3 is 0 Å². The summed E-state index contributed by atoms with van der Waals surface area (Å²) in [5.74, 6) is 0.248. The molecule has 1 aromatic carbocycles. The van der Waals surface area contributed by atoms with E-state index in [1.165, 1.54) is 5.56 Å². The van der Waals surface area contributed by atoms with E-state index in [2.05, 4.69) is 6.58 Å². The summed E-state index contributed by atoms with van der Waals surface area (Å²) in [5.41, 5.74) is 3.17. The van der Waals surface area contributed by atoms with Gasteiger partial charge in [0.1, 0.15) is 0 Å². The SMILES string of the molecule is C=CCCCC(=O)c1cccc(C)c1C. The zero-order valence-electron chi connectivity index (χ0n) is 9.55. The molecule has 0 unspecified atom stereocenters. The quantitative estimate of drug-likeness (QED) is 0.403. The first-order valence-corrected chi connectivity index (χ1v) is 5.37. The molecule has 1 aromatic rings. The summed E-state index contributed by atoms with van der Waals surface area (Å²) in [5, 5.41) is 0. The fraction of sp³-hybridized carbons (Fsp3) is 0.357. The molecular formula is C14H18O. The summed E-state index contributed by atoms with van der Waals surface area (Å²) in [6.07, 6.45) is 4.29. The molecule has 0 heterocycles. The Hall–Kier alpha value is -1.37. The molecule has 1 nitrogen and oxygen atoms in total. The largest absolute Gasteiger partial charge is 0.294 e. The number of carbonyl (C=O) groups is 1. The molecule has 0 bridgehead atoms. The van der Waals surface area contributed by atoms with E-state index in [1.807, 2.05) is 38.1 Å². The highest BCUT2D eigenvalue weighted by molar-refractivity contribution is 5.97. The number of allylic oxidation sites excluding steroid dienone is 1. The molecule has 0 atom stereocenters. The van der Waals surface area contributed by atoms with Gasteiger partial charge in [0.2, 0.25) is 0 Å². The van der Waals surface area contributed by atoms with Crippen LogP contribution in [0.15, 0.2) is 30.9 Å². The number of ketones is 1. The summed E-state index contributed by atoms with van der Waals surface area (Å²) >= 11 is 0. The monoisotopic (exact) mass is 202 g/mol. The van der Waals surface area contributed by atoms with Crippen molar-refractivity contribution in [2.45, 2.75) is 33.1 Å². The van der Waals surface area contributed by atoms with Crippen molar-refractivity contribution in [1.29, 1.82) is 0 Å². The van der Waals surface area contributed by atoms with Gasteiger partial charge in [-0.05, 0) is 37.8 Å². The minimum absolute atomic E-state index is 0.248. The molecule has 1 heteroatoms. The van der Waals surface area contributed by atoms with E-state index in [0.29, 0.717) is 6.42 Å². The molecule has 0 spiro atoms. The van der Waals surface area contributed by atoms with E-state index in [1.54, 1.807) is 0 Å². The molecule has 0 radical (unpaired) electrons. The van der Waals surface area contributed by atoms with Crippen LogP contribution < -0.4 is 0 Å². The normalized spacial score (nSPS) is 10.0. The van der Waals surface area contributed by atoms with Gasteiger partial charge in [-0.2, -0.15) is 0 Å². The minimum Gasteiger partial charge on any atom is -0.294 e. The first kappa shape index (κ1) is 11.7. The summed E-state index contributed by atoms with van der Waals surface area (Å²) in [7, 11) is 0. The maximum atomic E-state index is 11.9. The van der Waals surface area contributed by atoms with Crippen LogP contribution in [0.1, 0.15) is 40.7 Å². The van der Waals surface area contributed by atoms with Crippen LogP contribution in [0.4, 0.5) is 0 Å². The second kappa shape index (κ2) is 5.50. The number of unbranched alkanes of at least 4 members (excludes halogenated alkanes) is 1. The van der Waals surface area contributed by atoms with Crippen LogP contribution in [0.25, 0.3) is 0 Å². The van der Waals surface area contributed by atoms with Crippen LogP contribution in [0.2, 0.25) is 0 Å². The van der Waals surface area contributed by atoms with Crippen molar-refractivity contribution in [2.24, 2.45) is 0 Å². The molecule has 0 aliphatic carbocycles. The zero-order chi connectivity index (χ0) is 11.3. The Morgan fingerprint density at radius 3 is 2.80 bits per heavy atom. The number of hydrogen-bond donors (Lipinski definition) is 0. The molecule has 0 aliphatic rings. The van der Waals surface area contributed by atoms with Gasteiger partial charge in [-0.3, -0.25) is 4.79 Å². The van der Waals surface area contributed by atoms with Crippen molar-refractivity contribution in [3.05, 3.63) is 47.5 Å². The summed E-state index contributed by atoms with van der Waals surface area (Å²) in [4.78, 5) is 11.9. The molecular weight excluding hydrogens is 184 g/mol. The van der Waals surface area contributed by atoms with Gasteiger partial charge in [0.15, 0.2) is 5.78 Å². The van der Waals surface area contributed by atoms with Crippen molar-refractivity contribution >= 4 is 5.78 Å². The summed E-state index contributed by atoms with van der Waals surface area (Å²) < 4.78 is 0. The molecule has 0 aromatic heterocycles. The Morgan fingerprint density at radius 1 is 1.40 bits per heavy atom. The fourth-order valence-electron chi connectivity index (χ4n) is 1.59. The van der Waals surface area contributed by atoms with E-state index in [0.717, 1.165) is 24.0 Å². The van der Waals surface area contributed by atoms with E-state index in [-0.39, 0.29) is 5.78 Å². The molecule has 0 fully saturated rings. The molecule has 15 heavy (non-hydrogen) atoms. The van der Waals surface area contributed by atoms with Crippen molar-refractivity contribution in [1.82, 2.24) is 0 Å². The van der Waals surface area contributed by atoms with Gasteiger partial charge >= 0.3 is 0 Å². The van der Waals surface area contributed by atoms with Crippen LogP contribution in [-0.2, 0) is 0 Å². The third-order valence-electron chi connectivity index (χ3n) is 2.72. The van der Waals surface area contributed by atoms with Gasteiger partial charge in [0, 0.05) is 12.0 Å². The van der Waals surface area contributed by atoms with E-state index >= 15 is 0 Å². The van der Waals surface area contributed by atoms with Crippen LogP contribution in [0, 0.1) is 13.8 Å². The minimum atomic E-state index is 0.248. The summed E-state index contributed by atoms with van der Waals surface area (Å²) in [6.45, 7) is 7.70. The van der Waals surface area contributed by atoms with Crippen molar-refractivity contribution < 1.29 is 4.79 Å². The van der Waals surface area contributed by atoms with Gasteiger partial charge in [0.05, 0.1) is 0 Å². The van der Waals surface area contributed by atoms with Gasteiger partial charge in [-0.15, -0.1) is 6.58 Å². The first-order chi connectivity index (χ1) is 7.16. The zero-order valence-corrected chi connectivity index (χ0v) is 9.55. The molecule has 0 N–H and O–H groups in total. The maximum absolute atomic E-state index is 11.9. The van der Waals surface area contributed by atoms with Crippen LogP contribution in [0.5, 0.6) is 0 Å². The van der Waals surface area contributed by atoms with Crippen molar-refractivity contribution in [3.63, 3.8) is 0 Å². The molecule has 80 valence electrons. The number of aryl methyl sites for hydroxylation is 1. The summed E-state index contributed by atoms with van der Waals surface area (Å²) in [6, 6.07) is 5.90. The Labute approximate surface area is 91.8 Å². The predicted molar refractivity (Wildman–Crippen MR) is 64.3 cm³/mol. The number of benzene rings is 1.